The average molecular weight is 321 g/mol. The molecule has 0 atom stereocenters. The molecule has 0 aliphatic rings. The molecule has 0 heterocycles. The third-order valence-corrected chi connectivity index (χ3v) is 3.13. The summed E-state index contributed by atoms with van der Waals surface area (Å²) >= 11 is 3.40. The molecule has 19 heavy (non-hydrogen) atoms. The SMILES string of the molecule is COc1cccc(Oc2ccc(C(=N)N)cc2Br)c1. The number of nitrogens with one attached hydrogen (secondary N) is 1. The molecule has 2 aromatic carbocycles. The molecule has 4 nitrogen and oxygen atoms in total. The first-order valence-electron chi connectivity index (χ1n) is 5.56. The minimum absolute atomic E-state index is 0.0219. The van der Waals surface area contributed by atoms with Crippen molar-refractivity contribution in [1.29, 1.82) is 5.41 Å². The molecule has 3 N–H and O–H groups in total. The molecule has 0 bridgehead atoms. The van der Waals surface area contributed by atoms with Crippen LogP contribution in [0.25, 0.3) is 0 Å². The van der Waals surface area contributed by atoms with Gasteiger partial charge >= 0.3 is 0 Å². The molecule has 0 amide bonds. The van der Waals surface area contributed by atoms with Crippen LogP contribution in [0.2, 0.25) is 0 Å². The van der Waals surface area contributed by atoms with Crippen LogP contribution >= 0.6 is 15.9 Å². The highest BCUT2D eigenvalue weighted by molar-refractivity contribution is 9.10. The minimum Gasteiger partial charge on any atom is -0.497 e. The van der Waals surface area contributed by atoms with Gasteiger partial charge in [-0.05, 0) is 46.3 Å². The summed E-state index contributed by atoms with van der Waals surface area (Å²) in [4.78, 5) is 0. The lowest BCUT2D eigenvalue weighted by atomic mass is 10.2. The lowest BCUT2D eigenvalue weighted by Crippen LogP contribution is -2.10. The van der Waals surface area contributed by atoms with Crippen molar-refractivity contribution in [2.45, 2.75) is 0 Å². The van der Waals surface area contributed by atoms with E-state index < -0.39 is 0 Å². The zero-order valence-corrected chi connectivity index (χ0v) is 11.9. The summed E-state index contributed by atoms with van der Waals surface area (Å²) in [5, 5.41) is 7.38. The predicted molar refractivity (Wildman–Crippen MR) is 78.2 cm³/mol. The highest BCUT2D eigenvalue weighted by atomic mass is 79.9. The third kappa shape index (κ3) is 3.26. The number of methoxy groups -OCH3 is 1. The number of nitrogen functional groups attached to an aromatic ring is 1. The first-order valence-corrected chi connectivity index (χ1v) is 6.35. The molecule has 0 aliphatic carbocycles. The van der Waals surface area contributed by atoms with Gasteiger partial charge < -0.3 is 15.2 Å². The Bertz CT molecular complexity index is 614. The Morgan fingerprint density at radius 2 is 1.89 bits per heavy atom. The van der Waals surface area contributed by atoms with Crippen molar-refractivity contribution in [1.82, 2.24) is 0 Å². The van der Waals surface area contributed by atoms with Crippen LogP contribution in [0.4, 0.5) is 0 Å². The first-order chi connectivity index (χ1) is 9.10. The van der Waals surface area contributed by atoms with E-state index >= 15 is 0 Å². The summed E-state index contributed by atoms with van der Waals surface area (Å²) in [6, 6.07) is 12.6. The van der Waals surface area contributed by atoms with E-state index in [1.807, 2.05) is 18.2 Å². The molecule has 0 fully saturated rings. The van der Waals surface area contributed by atoms with Crippen molar-refractivity contribution < 1.29 is 9.47 Å². The summed E-state index contributed by atoms with van der Waals surface area (Å²) in [7, 11) is 1.61. The van der Waals surface area contributed by atoms with Crippen LogP contribution in [0.15, 0.2) is 46.9 Å². The van der Waals surface area contributed by atoms with E-state index in [2.05, 4.69) is 15.9 Å². The molecular weight excluding hydrogens is 308 g/mol. The lowest BCUT2D eigenvalue weighted by molar-refractivity contribution is 0.409. The topological polar surface area (TPSA) is 68.3 Å². The molecule has 0 unspecified atom stereocenters. The number of amidine groups is 1. The maximum atomic E-state index is 7.38. The van der Waals surface area contributed by atoms with Gasteiger partial charge in [0.1, 0.15) is 23.1 Å². The number of benzene rings is 2. The monoisotopic (exact) mass is 320 g/mol. The zero-order chi connectivity index (χ0) is 13.8. The Morgan fingerprint density at radius 1 is 1.16 bits per heavy atom. The Labute approximate surface area is 119 Å². The molecule has 0 aliphatic heterocycles. The molecular formula is C14H13BrN2O2. The quantitative estimate of drug-likeness (QED) is 0.668. The number of halogens is 1. The Balaban J connectivity index is 2.25. The molecule has 0 spiro atoms. The van der Waals surface area contributed by atoms with Gasteiger partial charge in [-0.3, -0.25) is 5.41 Å². The van der Waals surface area contributed by atoms with Crippen molar-refractivity contribution in [2.75, 3.05) is 7.11 Å². The maximum Gasteiger partial charge on any atom is 0.141 e. The number of rotatable bonds is 4. The van der Waals surface area contributed by atoms with E-state index in [0.717, 1.165) is 10.2 Å². The Hall–Kier alpha value is -2.01. The van der Waals surface area contributed by atoms with E-state index in [1.54, 1.807) is 31.4 Å². The van der Waals surface area contributed by atoms with Gasteiger partial charge in [-0.2, -0.15) is 0 Å². The van der Waals surface area contributed by atoms with E-state index in [0.29, 0.717) is 17.1 Å². The van der Waals surface area contributed by atoms with Crippen molar-refractivity contribution >= 4 is 21.8 Å². The molecule has 2 rings (SSSR count). The highest BCUT2D eigenvalue weighted by Crippen LogP contribution is 2.31. The average Bonchev–Trinajstić information content (AvgIpc) is 2.41. The van der Waals surface area contributed by atoms with Gasteiger partial charge in [-0.15, -0.1) is 0 Å². The van der Waals surface area contributed by atoms with E-state index in [4.69, 9.17) is 20.6 Å². The van der Waals surface area contributed by atoms with Gasteiger partial charge in [0.2, 0.25) is 0 Å². The van der Waals surface area contributed by atoms with Gasteiger partial charge in [0.15, 0.2) is 0 Å². The molecule has 0 saturated heterocycles. The van der Waals surface area contributed by atoms with Gasteiger partial charge in [0, 0.05) is 11.6 Å². The van der Waals surface area contributed by atoms with Crippen molar-refractivity contribution in [3.8, 4) is 17.2 Å². The fourth-order valence-electron chi connectivity index (χ4n) is 1.54. The van der Waals surface area contributed by atoms with Gasteiger partial charge in [0.05, 0.1) is 11.6 Å². The van der Waals surface area contributed by atoms with Crippen LogP contribution in [-0.4, -0.2) is 12.9 Å². The summed E-state index contributed by atoms with van der Waals surface area (Å²) in [6.07, 6.45) is 0. The lowest BCUT2D eigenvalue weighted by Gasteiger charge is -2.10. The Morgan fingerprint density at radius 3 is 2.53 bits per heavy atom. The molecule has 0 radical (unpaired) electrons. The van der Waals surface area contributed by atoms with Crippen LogP contribution in [-0.2, 0) is 0 Å². The van der Waals surface area contributed by atoms with Gasteiger partial charge in [-0.1, -0.05) is 6.07 Å². The number of nitrogens with two attached hydrogens (primary N) is 1. The Kier molecular flexibility index (Phi) is 4.06. The second-order valence-corrected chi connectivity index (χ2v) is 4.69. The number of hydrogen-bond donors (Lipinski definition) is 2. The summed E-state index contributed by atoms with van der Waals surface area (Å²) in [5.41, 5.74) is 6.07. The third-order valence-electron chi connectivity index (χ3n) is 2.51. The van der Waals surface area contributed by atoms with Crippen molar-refractivity contribution in [2.24, 2.45) is 5.73 Å². The number of ether oxygens (including phenoxy) is 2. The summed E-state index contributed by atoms with van der Waals surface area (Å²) < 4.78 is 11.6. The molecule has 2 aromatic rings. The van der Waals surface area contributed by atoms with Crippen LogP contribution < -0.4 is 15.2 Å². The summed E-state index contributed by atoms with van der Waals surface area (Å²) in [6.45, 7) is 0. The normalized spacial score (nSPS) is 10.0. The molecule has 0 aromatic heterocycles. The molecule has 5 heteroatoms. The predicted octanol–water partition coefficient (Wildman–Crippen LogP) is 3.53. The highest BCUT2D eigenvalue weighted by Gasteiger charge is 2.06. The van der Waals surface area contributed by atoms with Crippen LogP contribution in [0.3, 0.4) is 0 Å². The first kappa shape index (κ1) is 13.4. The maximum absolute atomic E-state index is 7.38. The van der Waals surface area contributed by atoms with E-state index in [9.17, 15) is 0 Å². The van der Waals surface area contributed by atoms with Crippen LogP contribution in [0.1, 0.15) is 5.56 Å². The minimum atomic E-state index is 0.0219. The van der Waals surface area contributed by atoms with Crippen LogP contribution in [0, 0.1) is 5.41 Å². The van der Waals surface area contributed by atoms with Crippen LogP contribution in [0.5, 0.6) is 17.2 Å². The smallest absolute Gasteiger partial charge is 0.141 e. The second kappa shape index (κ2) is 5.75. The zero-order valence-electron chi connectivity index (χ0n) is 10.3. The summed E-state index contributed by atoms with van der Waals surface area (Å²) in [5.74, 6) is 2.08. The standard InChI is InChI=1S/C14H13BrN2O2/c1-18-10-3-2-4-11(8-10)19-13-6-5-9(14(16)17)7-12(13)15/h2-8H,1H3,(H3,16,17). The van der Waals surface area contributed by atoms with Gasteiger partial charge in [0.25, 0.3) is 0 Å². The van der Waals surface area contributed by atoms with E-state index in [1.165, 1.54) is 0 Å². The van der Waals surface area contributed by atoms with E-state index in [-0.39, 0.29) is 5.84 Å². The fourth-order valence-corrected chi connectivity index (χ4v) is 2.00. The fraction of sp³-hybridized carbons (Fsp3) is 0.0714. The van der Waals surface area contributed by atoms with Crippen molar-refractivity contribution in [3.05, 3.63) is 52.5 Å². The van der Waals surface area contributed by atoms with Crippen molar-refractivity contribution in [3.63, 3.8) is 0 Å². The van der Waals surface area contributed by atoms with Gasteiger partial charge in [-0.25, -0.2) is 0 Å². The number of hydrogen-bond acceptors (Lipinski definition) is 3. The molecule has 98 valence electrons. The molecule has 0 saturated carbocycles. The second-order valence-electron chi connectivity index (χ2n) is 3.84. The largest absolute Gasteiger partial charge is 0.497 e.